The molecule has 0 saturated carbocycles. The first kappa shape index (κ1) is 19.9. The van der Waals surface area contributed by atoms with Crippen LogP contribution in [-0.2, 0) is 0 Å². The first-order valence-corrected chi connectivity index (χ1v) is 10.7. The van der Waals surface area contributed by atoms with Gasteiger partial charge in [0.1, 0.15) is 17.6 Å². The number of furan rings is 1. The first-order valence-electron chi connectivity index (χ1n) is 9.93. The fourth-order valence-corrected chi connectivity index (χ4v) is 4.32. The standard InChI is InChI=1S/C23H24ClN3OS/c1-3-4-14-27-22(21(26-23(27)29)18-10-5-6-13-25-18)20-12-11-19(28-20)16-8-7-9-17(24)15(16)2/h5-13,21-22H,3-4,14H2,1-2H3,(H,26,29)/t21-,22+/m1/s1. The lowest BCUT2D eigenvalue weighted by molar-refractivity contribution is 0.271. The largest absolute Gasteiger partial charge is 0.459 e. The SMILES string of the molecule is CCCCN1C(=S)N[C@H](c2ccccn2)[C@@H]1c1ccc(-c2cccc(Cl)c2C)o1. The second-order valence-corrected chi connectivity index (χ2v) is 8.08. The minimum Gasteiger partial charge on any atom is -0.459 e. The van der Waals surface area contributed by atoms with Crippen molar-refractivity contribution >= 4 is 28.9 Å². The second kappa shape index (κ2) is 8.56. The van der Waals surface area contributed by atoms with Gasteiger partial charge in [-0.2, -0.15) is 0 Å². The molecule has 0 spiro atoms. The average Bonchev–Trinajstić information content (AvgIpc) is 3.33. The van der Waals surface area contributed by atoms with E-state index < -0.39 is 0 Å². The smallest absolute Gasteiger partial charge is 0.170 e. The molecule has 1 aliphatic rings. The van der Waals surface area contributed by atoms with Gasteiger partial charge < -0.3 is 14.6 Å². The van der Waals surface area contributed by atoms with Crippen LogP contribution in [0.4, 0.5) is 0 Å². The summed E-state index contributed by atoms with van der Waals surface area (Å²) in [5, 5.41) is 4.94. The van der Waals surface area contributed by atoms with Crippen molar-refractivity contribution in [2.45, 2.75) is 38.8 Å². The van der Waals surface area contributed by atoms with E-state index in [1.807, 2.05) is 61.7 Å². The quantitative estimate of drug-likeness (QED) is 0.485. The van der Waals surface area contributed by atoms with Crippen LogP contribution in [0.15, 0.2) is 59.1 Å². The molecule has 1 fully saturated rings. The molecule has 0 amide bonds. The lowest BCUT2D eigenvalue weighted by Gasteiger charge is -2.25. The Labute approximate surface area is 181 Å². The number of aromatic nitrogens is 1. The van der Waals surface area contributed by atoms with Crippen molar-refractivity contribution in [1.82, 2.24) is 15.2 Å². The van der Waals surface area contributed by atoms with E-state index in [9.17, 15) is 0 Å². The third-order valence-electron chi connectivity index (χ3n) is 5.40. The number of nitrogens with zero attached hydrogens (tertiary/aromatic N) is 2. The normalized spacial score (nSPS) is 18.9. The van der Waals surface area contributed by atoms with E-state index in [1.54, 1.807) is 0 Å². The Kier molecular flexibility index (Phi) is 5.88. The van der Waals surface area contributed by atoms with Crippen LogP contribution in [-0.4, -0.2) is 21.5 Å². The molecule has 150 valence electrons. The molecular formula is C23H24ClN3OS. The molecule has 1 aliphatic heterocycles. The van der Waals surface area contributed by atoms with Crippen LogP contribution in [0.1, 0.15) is 48.9 Å². The molecule has 0 radical (unpaired) electrons. The fourth-order valence-electron chi connectivity index (χ4n) is 3.81. The molecule has 1 N–H and O–H groups in total. The molecule has 3 aromatic rings. The maximum atomic E-state index is 6.37. The molecule has 0 unspecified atom stereocenters. The molecule has 4 nitrogen and oxygen atoms in total. The van der Waals surface area contributed by atoms with Crippen molar-refractivity contribution in [3.05, 3.63) is 76.8 Å². The number of pyridine rings is 1. The van der Waals surface area contributed by atoms with Gasteiger partial charge >= 0.3 is 0 Å². The van der Waals surface area contributed by atoms with E-state index in [1.165, 1.54) is 0 Å². The van der Waals surface area contributed by atoms with Gasteiger partial charge in [0.15, 0.2) is 5.11 Å². The summed E-state index contributed by atoms with van der Waals surface area (Å²) >= 11 is 12.0. The predicted molar refractivity (Wildman–Crippen MR) is 121 cm³/mol. The third-order valence-corrected chi connectivity index (χ3v) is 6.16. The molecule has 0 aliphatic carbocycles. The maximum Gasteiger partial charge on any atom is 0.170 e. The topological polar surface area (TPSA) is 41.3 Å². The summed E-state index contributed by atoms with van der Waals surface area (Å²) in [7, 11) is 0. The molecule has 29 heavy (non-hydrogen) atoms. The van der Waals surface area contributed by atoms with E-state index >= 15 is 0 Å². The highest BCUT2D eigenvalue weighted by Crippen LogP contribution is 2.41. The van der Waals surface area contributed by atoms with Gasteiger partial charge in [-0.25, -0.2) is 0 Å². The van der Waals surface area contributed by atoms with Crippen molar-refractivity contribution in [3.8, 4) is 11.3 Å². The van der Waals surface area contributed by atoms with Gasteiger partial charge in [-0.05, 0) is 61.5 Å². The maximum absolute atomic E-state index is 6.37. The number of hydrogen-bond acceptors (Lipinski definition) is 3. The van der Waals surface area contributed by atoms with Gasteiger partial charge in [0, 0.05) is 23.3 Å². The van der Waals surface area contributed by atoms with Crippen LogP contribution in [0.2, 0.25) is 5.02 Å². The van der Waals surface area contributed by atoms with Crippen LogP contribution in [0.25, 0.3) is 11.3 Å². The molecule has 3 heterocycles. The van der Waals surface area contributed by atoms with Crippen molar-refractivity contribution in [2.75, 3.05) is 6.54 Å². The summed E-state index contributed by atoms with van der Waals surface area (Å²) in [6.07, 6.45) is 3.98. The summed E-state index contributed by atoms with van der Waals surface area (Å²) in [4.78, 5) is 6.80. The highest BCUT2D eigenvalue weighted by molar-refractivity contribution is 7.80. The van der Waals surface area contributed by atoms with Crippen LogP contribution in [0, 0.1) is 6.92 Å². The Balaban J connectivity index is 1.73. The number of unbranched alkanes of at least 4 members (excludes halogenated alkanes) is 1. The Hall–Kier alpha value is -2.37. The van der Waals surface area contributed by atoms with Gasteiger partial charge in [0.2, 0.25) is 0 Å². The van der Waals surface area contributed by atoms with Crippen molar-refractivity contribution in [1.29, 1.82) is 0 Å². The minimum atomic E-state index is -0.0555. The summed E-state index contributed by atoms with van der Waals surface area (Å²) in [5.74, 6) is 1.69. The van der Waals surface area contributed by atoms with Crippen molar-refractivity contribution in [3.63, 3.8) is 0 Å². The Morgan fingerprint density at radius 3 is 2.79 bits per heavy atom. The summed E-state index contributed by atoms with van der Waals surface area (Å²) in [5.41, 5.74) is 2.97. The highest BCUT2D eigenvalue weighted by Gasteiger charge is 2.41. The summed E-state index contributed by atoms with van der Waals surface area (Å²) in [6, 6.07) is 15.8. The van der Waals surface area contributed by atoms with E-state index in [0.717, 1.165) is 57.9 Å². The Bertz CT molecular complexity index is 1000. The molecule has 1 aromatic carbocycles. The molecule has 2 atom stereocenters. The minimum absolute atomic E-state index is 0.0443. The number of benzene rings is 1. The van der Waals surface area contributed by atoms with E-state index in [0.29, 0.717) is 0 Å². The predicted octanol–water partition coefficient (Wildman–Crippen LogP) is 6.08. The molecular weight excluding hydrogens is 402 g/mol. The van der Waals surface area contributed by atoms with Crippen LogP contribution in [0.5, 0.6) is 0 Å². The Morgan fingerprint density at radius 1 is 1.17 bits per heavy atom. The summed E-state index contributed by atoms with van der Waals surface area (Å²) < 4.78 is 6.37. The Morgan fingerprint density at radius 2 is 2.03 bits per heavy atom. The van der Waals surface area contributed by atoms with Crippen LogP contribution >= 0.6 is 23.8 Å². The number of nitrogens with one attached hydrogen (secondary N) is 1. The molecule has 2 aromatic heterocycles. The van der Waals surface area contributed by atoms with E-state index in [4.69, 9.17) is 28.2 Å². The number of hydrogen-bond donors (Lipinski definition) is 1. The van der Waals surface area contributed by atoms with Gasteiger partial charge in [0.25, 0.3) is 0 Å². The number of halogens is 1. The number of rotatable bonds is 6. The molecule has 0 bridgehead atoms. The zero-order chi connectivity index (χ0) is 20.4. The zero-order valence-corrected chi connectivity index (χ0v) is 18.1. The first-order chi connectivity index (χ1) is 14.1. The van der Waals surface area contributed by atoms with Crippen LogP contribution in [0.3, 0.4) is 0 Å². The lowest BCUT2D eigenvalue weighted by Crippen LogP contribution is -2.30. The van der Waals surface area contributed by atoms with Crippen LogP contribution < -0.4 is 5.32 Å². The lowest BCUT2D eigenvalue weighted by atomic mass is 10.0. The highest BCUT2D eigenvalue weighted by atomic mass is 35.5. The van der Waals surface area contributed by atoms with Gasteiger partial charge in [0.05, 0.1) is 11.7 Å². The van der Waals surface area contributed by atoms with Gasteiger partial charge in [-0.1, -0.05) is 43.1 Å². The monoisotopic (exact) mass is 425 g/mol. The number of thiocarbonyl (C=S) groups is 1. The molecule has 4 rings (SSSR count). The third kappa shape index (κ3) is 3.89. The van der Waals surface area contributed by atoms with E-state index in [-0.39, 0.29) is 12.1 Å². The summed E-state index contributed by atoms with van der Waals surface area (Å²) in [6.45, 7) is 5.07. The molecule has 6 heteroatoms. The van der Waals surface area contributed by atoms with E-state index in [2.05, 4.69) is 22.1 Å². The fraction of sp³-hybridized carbons (Fsp3) is 0.304. The average molecular weight is 426 g/mol. The molecule has 1 saturated heterocycles. The van der Waals surface area contributed by atoms with Crippen molar-refractivity contribution in [2.24, 2.45) is 0 Å². The zero-order valence-electron chi connectivity index (χ0n) is 16.6. The van der Waals surface area contributed by atoms with Gasteiger partial charge in [-0.3, -0.25) is 4.98 Å². The second-order valence-electron chi connectivity index (χ2n) is 7.29. The van der Waals surface area contributed by atoms with Crippen molar-refractivity contribution < 1.29 is 4.42 Å². The van der Waals surface area contributed by atoms with Gasteiger partial charge in [-0.15, -0.1) is 0 Å².